The standard InChI is InChI=1S/C12H16N4O/c1-5-13-6-2-10(1)9-17-12-4-8-16-11(15-12)3-7-14-16/h3-4,7-8,10,13H,1-2,5-6,9H2. The molecule has 0 aliphatic carbocycles. The van der Waals surface area contributed by atoms with E-state index in [0.29, 0.717) is 11.8 Å². The predicted molar refractivity (Wildman–Crippen MR) is 64.1 cm³/mol. The average molecular weight is 232 g/mol. The molecule has 0 saturated carbocycles. The molecular formula is C12H16N4O. The first-order valence-corrected chi connectivity index (χ1v) is 6.06. The van der Waals surface area contributed by atoms with Gasteiger partial charge in [0.2, 0.25) is 5.88 Å². The van der Waals surface area contributed by atoms with E-state index < -0.39 is 0 Å². The Morgan fingerprint density at radius 3 is 3.12 bits per heavy atom. The van der Waals surface area contributed by atoms with Gasteiger partial charge < -0.3 is 10.1 Å². The molecule has 0 bridgehead atoms. The predicted octanol–water partition coefficient (Wildman–Crippen LogP) is 1.11. The van der Waals surface area contributed by atoms with Gasteiger partial charge in [0.25, 0.3) is 0 Å². The molecule has 17 heavy (non-hydrogen) atoms. The summed E-state index contributed by atoms with van der Waals surface area (Å²) in [5, 5.41) is 7.45. The summed E-state index contributed by atoms with van der Waals surface area (Å²) < 4.78 is 7.48. The average Bonchev–Trinajstić information content (AvgIpc) is 2.85. The Bertz CT molecular complexity index is 490. The number of rotatable bonds is 3. The number of nitrogens with one attached hydrogen (secondary N) is 1. The smallest absolute Gasteiger partial charge is 0.216 e. The molecule has 1 N–H and O–H groups in total. The van der Waals surface area contributed by atoms with Crippen LogP contribution in [0.4, 0.5) is 0 Å². The minimum Gasteiger partial charge on any atom is -0.477 e. The maximum Gasteiger partial charge on any atom is 0.216 e. The SMILES string of the molecule is c1cc2nc(OCC3CCNCC3)ccn2n1. The third kappa shape index (κ3) is 2.39. The van der Waals surface area contributed by atoms with Gasteiger partial charge in [-0.2, -0.15) is 10.1 Å². The van der Waals surface area contributed by atoms with Crippen LogP contribution >= 0.6 is 0 Å². The Labute approximate surface area is 99.8 Å². The summed E-state index contributed by atoms with van der Waals surface area (Å²) >= 11 is 0. The molecule has 0 aromatic carbocycles. The molecule has 1 saturated heterocycles. The molecule has 3 rings (SSSR count). The molecule has 90 valence electrons. The zero-order valence-electron chi connectivity index (χ0n) is 9.67. The molecule has 3 heterocycles. The molecule has 0 spiro atoms. The van der Waals surface area contributed by atoms with Crippen molar-refractivity contribution in [3.05, 3.63) is 24.5 Å². The van der Waals surface area contributed by atoms with Crippen LogP contribution in [0.25, 0.3) is 5.65 Å². The van der Waals surface area contributed by atoms with Gasteiger partial charge >= 0.3 is 0 Å². The topological polar surface area (TPSA) is 51.5 Å². The van der Waals surface area contributed by atoms with E-state index in [9.17, 15) is 0 Å². The quantitative estimate of drug-likeness (QED) is 0.861. The zero-order chi connectivity index (χ0) is 11.5. The lowest BCUT2D eigenvalue weighted by atomic mass is 9.99. The highest BCUT2D eigenvalue weighted by Crippen LogP contribution is 2.14. The number of nitrogens with zero attached hydrogens (tertiary/aromatic N) is 3. The van der Waals surface area contributed by atoms with Crippen molar-refractivity contribution in [3.8, 4) is 5.88 Å². The van der Waals surface area contributed by atoms with Crippen molar-refractivity contribution in [3.63, 3.8) is 0 Å². The Balaban J connectivity index is 1.63. The fourth-order valence-electron chi connectivity index (χ4n) is 2.13. The highest BCUT2D eigenvalue weighted by molar-refractivity contribution is 5.37. The molecular weight excluding hydrogens is 216 g/mol. The van der Waals surface area contributed by atoms with Gasteiger partial charge in [-0.3, -0.25) is 0 Å². The van der Waals surface area contributed by atoms with Crippen LogP contribution in [0, 0.1) is 5.92 Å². The van der Waals surface area contributed by atoms with Crippen LogP contribution < -0.4 is 10.1 Å². The molecule has 5 heteroatoms. The number of fused-ring (bicyclic) bond motifs is 1. The van der Waals surface area contributed by atoms with E-state index in [1.165, 1.54) is 12.8 Å². The van der Waals surface area contributed by atoms with E-state index in [1.807, 2.05) is 18.3 Å². The summed E-state index contributed by atoms with van der Waals surface area (Å²) in [5.74, 6) is 1.34. The minimum absolute atomic E-state index is 0.652. The Hall–Kier alpha value is -1.62. The van der Waals surface area contributed by atoms with Crippen molar-refractivity contribution in [2.24, 2.45) is 5.92 Å². The lowest BCUT2D eigenvalue weighted by Crippen LogP contribution is -2.30. The molecule has 5 nitrogen and oxygen atoms in total. The second-order valence-corrected chi connectivity index (χ2v) is 4.40. The van der Waals surface area contributed by atoms with Crippen LogP contribution in [0.1, 0.15) is 12.8 Å². The van der Waals surface area contributed by atoms with E-state index in [-0.39, 0.29) is 0 Å². The van der Waals surface area contributed by atoms with Crippen LogP contribution in [0.2, 0.25) is 0 Å². The molecule has 1 aliphatic heterocycles. The van der Waals surface area contributed by atoms with E-state index in [0.717, 1.165) is 25.3 Å². The highest BCUT2D eigenvalue weighted by atomic mass is 16.5. The van der Waals surface area contributed by atoms with Crippen molar-refractivity contribution < 1.29 is 4.74 Å². The van der Waals surface area contributed by atoms with Gasteiger partial charge in [0.05, 0.1) is 12.8 Å². The number of hydrogen-bond acceptors (Lipinski definition) is 4. The van der Waals surface area contributed by atoms with E-state index in [4.69, 9.17) is 4.74 Å². The minimum atomic E-state index is 0.652. The molecule has 1 fully saturated rings. The maximum absolute atomic E-state index is 5.74. The van der Waals surface area contributed by atoms with Crippen LogP contribution in [0.5, 0.6) is 5.88 Å². The summed E-state index contributed by atoms with van der Waals surface area (Å²) in [6.07, 6.45) is 5.99. The number of aromatic nitrogens is 3. The second-order valence-electron chi connectivity index (χ2n) is 4.40. The Morgan fingerprint density at radius 1 is 1.35 bits per heavy atom. The first kappa shape index (κ1) is 10.5. The molecule has 1 aliphatic rings. The van der Waals surface area contributed by atoms with Crippen molar-refractivity contribution in [1.82, 2.24) is 19.9 Å². The summed E-state index contributed by atoms with van der Waals surface area (Å²) in [6, 6.07) is 3.73. The molecule has 0 radical (unpaired) electrons. The van der Waals surface area contributed by atoms with Crippen molar-refractivity contribution in [2.75, 3.05) is 19.7 Å². The second kappa shape index (κ2) is 4.71. The number of hydrogen-bond donors (Lipinski definition) is 1. The third-order valence-electron chi connectivity index (χ3n) is 3.16. The van der Waals surface area contributed by atoms with Gasteiger partial charge in [-0.15, -0.1) is 0 Å². The molecule has 0 amide bonds. The first-order chi connectivity index (χ1) is 8.42. The van der Waals surface area contributed by atoms with Gasteiger partial charge in [-0.05, 0) is 31.8 Å². The van der Waals surface area contributed by atoms with Crippen LogP contribution in [-0.2, 0) is 0 Å². The number of ether oxygens (including phenoxy) is 1. The third-order valence-corrected chi connectivity index (χ3v) is 3.16. The van der Waals surface area contributed by atoms with Crippen molar-refractivity contribution in [2.45, 2.75) is 12.8 Å². The number of piperidine rings is 1. The van der Waals surface area contributed by atoms with Gasteiger partial charge in [0, 0.05) is 18.3 Å². The molecule has 0 atom stereocenters. The van der Waals surface area contributed by atoms with Crippen LogP contribution in [-0.4, -0.2) is 34.3 Å². The molecule has 0 unspecified atom stereocenters. The van der Waals surface area contributed by atoms with Gasteiger partial charge in [-0.25, -0.2) is 4.52 Å². The monoisotopic (exact) mass is 232 g/mol. The Kier molecular flexibility index (Phi) is 2.92. The maximum atomic E-state index is 5.74. The van der Waals surface area contributed by atoms with Gasteiger partial charge in [0.1, 0.15) is 0 Å². The van der Waals surface area contributed by atoms with Crippen LogP contribution in [0.15, 0.2) is 24.5 Å². The zero-order valence-corrected chi connectivity index (χ0v) is 9.67. The van der Waals surface area contributed by atoms with Gasteiger partial charge in [-0.1, -0.05) is 0 Å². The van der Waals surface area contributed by atoms with E-state index >= 15 is 0 Å². The normalized spacial score (nSPS) is 17.4. The molecule has 2 aromatic heterocycles. The van der Waals surface area contributed by atoms with Crippen LogP contribution in [0.3, 0.4) is 0 Å². The van der Waals surface area contributed by atoms with E-state index in [2.05, 4.69) is 15.4 Å². The highest BCUT2D eigenvalue weighted by Gasteiger charge is 2.13. The fourth-order valence-corrected chi connectivity index (χ4v) is 2.13. The van der Waals surface area contributed by atoms with Crippen molar-refractivity contribution in [1.29, 1.82) is 0 Å². The van der Waals surface area contributed by atoms with Gasteiger partial charge in [0.15, 0.2) is 5.65 Å². The fraction of sp³-hybridized carbons (Fsp3) is 0.500. The molecule has 2 aromatic rings. The summed E-state index contributed by atoms with van der Waals surface area (Å²) in [5.41, 5.74) is 0.827. The summed E-state index contributed by atoms with van der Waals surface area (Å²) in [4.78, 5) is 4.38. The largest absolute Gasteiger partial charge is 0.477 e. The lowest BCUT2D eigenvalue weighted by molar-refractivity contribution is 0.209. The first-order valence-electron chi connectivity index (χ1n) is 6.06. The summed E-state index contributed by atoms with van der Waals surface area (Å²) in [7, 11) is 0. The van der Waals surface area contributed by atoms with Crippen molar-refractivity contribution >= 4 is 5.65 Å². The summed E-state index contributed by atoms with van der Waals surface area (Å²) in [6.45, 7) is 2.96. The Morgan fingerprint density at radius 2 is 2.24 bits per heavy atom. The lowest BCUT2D eigenvalue weighted by Gasteiger charge is -2.22. The van der Waals surface area contributed by atoms with E-state index in [1.54, 1.807) is 10.7 Å².